The molecule has 1 aromatic heterocycles. The molecule has 0 spiro atoms. The van der Waals surface area contributed by atoms with Gasteiger partial charge in [0.2, 0.25) is 0 Å². The van der Waals surface area contributed by atoms with Crippen LogP contribution in [-0.4, -0.2) is 35.2 Å². The van der Waals surface area contributed by atoms with Gasteiger partial charge in [-0.1, -0.05) is 42.5 Å². The summed E-state index contributed by atoms with van der Waals surface area (Å²) in [7, 11) is 0. The molecule has 0 saturated carbocycles. The van der Waals surface area contributed by atoms with Crippen LogP contribution in [0.4, 0.5) is 13.2 Å². The molecule has 2 aliphatic rings. The molecule has 136 valence electrons. The average Bonchev–Trinajstić information content (AvgIpc) is 2.62. The fraction of sp³-hybridized carbons (Fsp3) is 0.350. The van der Waals surface area contributed by atoms with Gasteiger partial charge in [0.05, 0.1) is 19.3 Å². The summed E-state index contributed by atoms with van der Waals surface area (Å²) in [6.07, 6.45) is -0.215. The number of morpholine rings is 1. The van der Waals surface area contributed by atoms with E-state index in [9.17, 15) is 13.2 Å². The van der Waals surface area contributed by atoms with Crippen LogP contribution in [0.15, 0.2) is 54.7 Å². The first-order chi connectivity index (χ1) is 12.5. The monoisotopic (exact) mass is 360 g/mol. The van der Waals surface area contributed by atoms with Gasteiger partial charge in [0.25, 0.3) is 0 Å². The summed E-state index contributed by atoms with van der Waals surface area (Å²) in [6, 6.07) is 13.2. The lowest BCUT2D eigenvalue weighted by Gasteiger charge is -2.44. The molecular weight excluding hydrogens is 341 g/mol. The van der Waals surface area contributed by atoms with E-state index < -0.39 is 11.9 Å². The normalized spacial score (nSPS) is 23.6. The SMILES string of the molecule is FC(F)(F)c1ccc(C2=CC3COCC(C2)N3Cc2ccccc2)cn1. The Morgan fingerprint density at radius 1 is 1.08 bits per heavy atom. The number of fused-ring (bicyclic) bond motifs is 2. The Hall–Kier alpha value is -2.18. The van der Waals surface area contributed by atoms with Crippen LogP contribution in [0.25, 0.3) is 5.57 Å². The molecule has 4 rings (SSSR count). The summed E-state index contributed by atoms with van der Waals surface area (Å²) in [4.78, 5) is 6.01. The van der Waals surface area contributed by atoms with E-state index >= 15 is 0 Å². The molecule has 0 N–H and O–H groups in total. The second kappa shape index (κ2) is 6.85. The quantitative estimate of drug-likeness (QED) is 0.822. The maximum Gasteiger partial charge on any atom is 0.433 e. The van der Waals surface area contributed by atoms with Gasteiger partial charge >= 0.3 is 6.18 Å². The van der Waals surface area contributed by atoms with Crippen molar-refractivity contribution in [2.75, 3.05) is 13.2 Å². The third-order valence-corrected chi connectivity index (χ3v) is 4.98. The van der Waals surface area contributed by atoms with E-state index in [0.29, 0.717) is 13.2 Å². The smallest absolute Gasteiger partial charge is 0.378 e. The Bertz CT molecular complexity index is 787. The number of rotatable bonds is 3. The molecule has 3 nitrogen and oxygen atoms in total. The van der Waals surface area contributed by atoms with E-state index in [0.717, 1.165) is 30.2 Å². The van der Waals surface area contributed by atoms with Crippen molar-refractivity contribution in [3.8, 4) is 0 Å². The van der Waals surface area contributed by atoms with E-state index in [2.05, 4.69) is 28.1 Å². The fourth-order valence-electron chi connectivity index (χ4n) is 3.67. The zero-order valence-corrected chi connectivity index (χ0v) is 14.1. The number of pyridine rings is 1. The summed E-state index contributed by atoms with van der Waals surface area (Å²) < 4.78 is 43.8. The second-order valence-electron chi connectivity index (χ2n) is 6.74. The number of aromatic nitrogens is 1. The Labute approximate surface area is 150 Å². The molecule has 2 bridgehead atoms. The summed E-state index contributed by atoms with van der Waals surface area (Å²) in [6.45, 7) is 2.07. The predicted molar refractivity (Wildman–Crippen MR) is 92.2 cm³/mol. The van der Waals surface area contributed by atoms with Gasteiger partial charge in [-0.05, 0) is 29.2 Å². The minimum absolute atomic E-state index is 0.125. The molecule has 6 heteroatoms. The molecule has 0 radical (unpaired) electrons. The van der Waals surface area contributed by atoms with Crippen LogP contribution in [0.1, 0.15) is 23.2 Å². The largest absolute Gasteiger partial charge is 0.433 e. The lowest BCUT2D eigenvalue weighted by molar-refractivity contribution is -0.141. The zero-order valence-electron chi connectivity index (χ0n) is 14.1. The van der Waals surface area contributed by atoms with E-state index in [1.807, 2.05) is 18.2 Å². The maximum absolute atomic E-state index is 12.7. The van der Waals surface area contributed by atoms with Gasteiger partial charge in [-0.3, -0.25) is 9.88 Å². The lowest BCUT2D eigenvalue weighted by Crippen LogP contribution is -2.53. The van der Waals surface area contributed by atoms with Gasteiger partial charge in [0.1, 0.15) is 5.69 Å². The van der Waals surface area contributed by atoms with Crippen molar-refractivity contribution < 1.29 is 17.9 Å². The first kappa shape index (κ1) is 17.2. The highest BCUT2D eigenvalue weighted by Gasteiger charge is 2.36. The van der Waals surface area contributed by atoms with Crippen LogP contribution in [0.2, 0.25) is 0 Å². The number of alkyl halides is 3. The number of hydrogen-bond donors (Lipinski definition) is 0. The van der Waals surface area contributed by atoms with Crippen LogP contribution in [0, 0.1) is 0 Å². The summed E-state index contributed by atoms with van der Waals surface area (Å²) >= 11 is 0. The molecule has 2 unspecified atom stereocenters. The van der Waals surface area contributed by atoms with Crippen LogP contribution < -0.4 is 0 Å². The van der Waals surface area contributed by atoms with E-state index in [4.69, 9.17) is 4.74 Å². The van der Waals surface area contributed by atoms with Gasteiger partial charge in [0.15, 0.2) is 0 Å². The Kier molecular flexibility index (Phi) is 4.54. The van der Waals surface area contributed by atoms with Crippen LogP contribution in [-0.2, 0) is 17.5 Å². The third-order valence-electron chi connectivity index (χ3n) is 4.98. The van der Waals surface area contributed by atoms with Gasteiger partial charge < -0.3 is 4.74 Å². The Morgan fingerprint density at radius 3 is 2.54 bits per heavy atom. The molecule has 26 heavy (non-hydrogen) atoms. The Morgan fingerprint density at radius 2 is 1.88 bits per heavy atom. The number of ether oxygens (including phenoxy) is 1. The van der Waals surface area contributed by atoms with Crippen molar-refractivity contribution in [2.45, 2.75) is 31.2 Å². The summed E-state index contributed by atoms with van der Waals surface area (Å²) in [5.74, 6) is 0. The number of halogens is 3. The summed E-state index contributed by atoms with van der Waals surface area (Å²) in [5, 5.41) is 0. The molecule has 2 aromatic rings. The molecule has 2 atom stereocenters. The molecule has 3 heterocycles. The minimum atomic E-state index is -4.41. The first-order valence-electron chi connectivity index (χ1n) is 8.62. The van der Waals surface area contributed by atoms with Gasteiger partial charge in [-0.25, -0.2) is 0 Å². The van der Waals surface area contributed by atoms with Crippen molar-refractivity contribution in [2.24, 2.45) is 0 Å². The minimum Gasteiger partial charge on any atom is -0.378 e. The number of benzene rings is 1. The molecular formula is C20H19F3N2O. The van der Waals surface area contributed by atoms with Gasteiger partial charge in [-0.15, -0.1) is 0 Å². The topological polar surface area (TPSA) is 25.4 Å². The molecule has 1 aromatic carbocycles. The number of hydrogen-bond acceptors (Lipinski definition) is 3. The van der Waals surface area contributed by atoms with Crippen molar-refractivity contribution in [1.82, 2.24) is 9.88 Å². The first-order valence-corrected chi connectivity index (χ1v) is 8.62. The number of nitrogens with zero attached hydrogens (tertiary/aromatic N) is 2. The lowest BCUT2D eigenvalue weighted by atomic mass is 9.90. The highest BCUT2D eigenvalue weighted by Crippen LogP contribution is 2.34. The van der Waals surface area contributed by atoms with E-state index in [1.54, 1.807) is 0 Å². The molecule has 1 saturated heterocycles. The maximum atomic E-state index is 12.7. The molecule has 2 aliphatic heterocycles. The van der Waals surface area contributed by atoms with Gasteiger partial charge in [-0.2, -0.15) is 13.2 Å². The molecule has 1 fully saturated rings. The second-order valence-corrected chi connectivity index (χ2v) is 6.74. The average molecular weight is 360 g/mol. The fourth-order valence-corrected chi connectivity index (χ4v) is 3.67. The van der Waals surface area contributed by atoms with Crippen molar-refractivity contribution >= 4 is 5.57 Å². The Balaban J connectivity index is 1.56. The highest BCUT2D eigenvalue weighted by molar-refractivity contribution is 5.67. The molecule has 0 amide bonds. The van der Waals surface area contributed by atoms with Crippen LogP contribution >= 0.6 is 0 Å². The van der Waals surface area contributed by atoms with Crippen molar-refractivity contribution in [3.63, 3.8) is 0 Å². The van der Waals surface area contributed by atoms with Crippen molar-refractivity contribution in [3.05, 3.63) is 71.6 Å². The highest BCUT2D eigenvalue weighted by atomic mass is 19.4. The van der Waals surface area contributed by atoms with E-state index in [1.165, 1.54) is 17.8 Å². The predicted octanol–water partition coefficient (Wildman–Crippen LogP) is 4.16. The third kappa shape index (κ3) is 3.52. The molecule has 0 aliphatic carbocycles. The van der Waals surface area contributed by atoms with Crippen molar-refractivity contribution in [1.29, 1.82) is 0 Å². The van der Waals surface area contributed by atoms with E-state index in [-0.39, 0.29) is 12.1 Å². The van der Waals surface area contributed by atoms with Gasteiger partial charge in [0, 0.05) is 18.8 Å². The standard InChI is InChI=1S/C20H19F3N2O/c21-20(22,23)19-7-6-15(10-24-19)16-8-17-12-26-13-18(9-16)25(17)11-14-4-2-1-3-5-14/h1-8,10,17-18H,9,11-13H2. The van der Waals surface area contributed by atoms with Crippen LogP contribution in [0.3, 0.4) is 0 Å². The summed E-state index contributed by atoms with van der Waals surface area (Å²) in [5.41, 5.74) is 2.20. The zero-order chi connectivity index (χ0) is 18.1. The van der Waals surface area contributed by atoms with Crippen LogP contribution in [0.5, 0.6) is 0 Å².